The first-order valence-corrected chi connectivity index (χ1v) is 7.18. The van der Waals surface area contributed by atoms with Crippen molar-refractivity contribution < 1.29 is 0 Å². The van der Waals surface area contributed by atoms with Gasteiger partial charge in [0.15, 0.2) is 0 Å². The van der Waals surface area contributed by atoms with Crippen LogP contribution in [0.2, 0.25) is 0 Å². The average Bonchev–Trinajstić information content (AvgIpc) is 2.85. The van der Waals surface area contributed by atoms with Gasteiger partial charge in [0.25, 0.3) is 0 Å². The van der Waals surface area contributed by atoms with Crippen LogP contribution in [0.5, 0.6) is 0 Å². The Hall–Kier alpha value is -1.28. The molecular formula is C16H22N2. The van der Waals surface area contributed by atoms with Crippen molar-refractivity contribution in [3.05, 3.63) is 36.0 Å². The van der Waals surface area contributed by atoms with Gasteiger partial charge in [0.2, 0.25) is 0 Å². The van der Waals surface area contributed by atoms with E-state index in [2.05, 4.69) is 35.0 Å². The molecule has 1 aromatic carbocycles. The standard InChI is InChI=1S/C16H22N2/c17-11-9-13-5-4-8-16-15(13)10-12-18(16)14-6-2-1-3-7-14/h4-5,8,10,12,14H,1-3,6-7,9,11,17H2. The van der Waals surface area contributed by atoms with Crippen molar-refractivity contribution in [3.8, 4) is 0 Å². The summed E-state index contributed by atoms with van der Waals surface area (Å²) in [6.45, 7) is 0.730. The molecule has 2 N–H and O–H groups in total. The van der Waals surface area contributed by atoms with Crippen LogP contribution >= 0.6 is 0 Å². The second-order valence-electron chi connectivity index (χ2n) is 5.40. The Balaban J connectivity index is 2.00. The molecule has 18 heavy (non-hydrogen) atoms. The van der Waals surface area contributed by atoms with Crippen molar-refractivity contribution in [2.24, 2.45) is 5.73 Å². The molecule has 0 unspecified atom stereocenters. The summed E-state index contributed by atoms with van der Waals surface area (Å²) in [5, 5.41) is 1.40. The van der Waals surface area contributed by atoms with E-state index in [-0.39, 0.29) is 0 Å². The Morgan fingerprint density at radius 1 is 1.11 bits per heavy atom. The summed E-state index contributed by atoms with van der Waals surface area (Å²) < 4.78 is 2.49. The number of hydrogen-bond acceptors (Lipinski definition) is 1. The second kappa shape index (κ2) is 5.15. The summed E-state index contributed by atoms with van der Waals surface area (Å²) in [5.41, 5.74) is 8.48. The molecule has 2 nitrogen and oxygen atoms in total. The zero-order chi connectivity index (χ0) is 12.4. The maximum Gasteiger partial charge on any atom is 0.0485 e. The van der Waals surface area contributed by atoms with E-state index in [1.807, 2.05) is 0 Å². The van der Waals surface area contributed by atoms with Crippen molar-refractivity contribution in [2.75, 3.05) is 6.54 Å². The van der Waals surface area contributed by atoms with Gasteiger partial charge < -0.3 is 10.3 Å². The summed E-state index contributed by atoms with van der Waals surface area (Å²) >= 11 is 0. The van der Waals surface area contributed by atoms with Crippen LogP contribution in [0, 0.1) is 0 Å². The molecule has 2 heteroatoms. The van der Waals surface area contributed by atoms with Gasteiger partial charge in [0.1, 0.15) is 0 Å². The molecule has 1 aliphatic rings. The summed E-state index contributed by atoms with van der Waals surface area (Å²) in [6.07, 6.45) is 10.1. The molecule has 0 amide bonds. The fraction of sp³-hybridized carbons (Fsp3) is 0.500. The number of benzene rings is 1. The van der Waals surface area contributed by atoms with E-state index >= 15 is 0 Å². The number of aromatic nitrogens is 1. The molecule has 0 aliphatic heterocycles. The van der Waals surface area contributed by atoms with E-state index in [0.717, 1.165) is 13.0 Å². The minimum atomic E-state index is 0.712. The quantitative estimate of drug-likeness (QED) is 0.875. The van der Waals surface area contributed by atoms with Gasteiger partial charge in [-0.15, -0.1) is 0 Å². The summed E-state index contributed by atoms with van der Waals surface area (Å²) in [6, 6.07) is 9.62. The van der Waals surface area contributed by atoms with Gasteiger partial charge in [-0.05, 0) is 43.5 Å². The van der Waals surface area contributed by atoms with E-state index in [9.17, 15) is 0 Å². The molecule has 1 aromatic heterocycles. The third kappa shape index (κ3) is 2.05. The molecule has 0 saturated heterocycles. The Bertz CT molecular complexity index is 521. The number of fused-ring (bicyclic) bond motifs is 1. The fourth-order valence-corrected chi connectivity index (χ4v) is 3.30. The van der Waals surface area contributed by atoms with E-state index < -0.39 is 0 Å². The minimum Gasteiger partial charge on any atom is -0.344 e. The molecule has 0 bridgehead atoms. The van der Waals surface area contributed by atoms with Crippen LogP contribution in [0.1, 0.15) is 43.7 Å². The Labute approximate surface area is 109 Å². The summed E-state index contributed by atoms with van der Waals surface area (Å²) in [4.78, 5) is 0. The molecule has 1 aliphatic carbocycles. The lowest BCUT2D eigenvalue weighted by molar-refractivity contribution is 0.361. The molecule has 2 aromatic rings. The maximum absolute atomic E-state index is 5.69. The van der Waals surface area contributed by atoms with Crippen molar-refractivity contribution in [1.82, 2.24) is 4.57 Å². The Kier molecular flexibility index (Phi) is 3.37. The van der Waals surface area contributed by atoms with Gasteiger partial charge >= 0.3 is 0 Å². The van der Waals surface area contributed by atoms with Crippen molar-refractivity contribution in [2.45, 2.75) is 44.6 Å². The largest absolute Gasteiger partial charge is 0.344 e. The minimum absolute atomic E-state index is 0.712. The number of hydrogen-bond donors (Lipinski definition) is 1. The van der Waals surface area contributed by atoms with E-state index in [4.69, 9.17) is 5.73 Å². The third-order valence-electron chi connectivity index (χ3n) is 4.24. The van der Waals surface area contributed by atoms with Crippen LogP contribution in [-0.2, 0) is 6.42 Å². The number of nitrogens with zero attached hydrogens (tertiary/aromatic N) is 1. The monoisotopic (exact) mass is 242 g/mol. The highest BCUT2D eigenvalue weighted by atomic mass is 15.0. The molecule has 3 rings (SSSR count). The van der Waals surface area contributed by atoms with Gasteiger partial charge in [0, 0.05) is 23.1 Å². The molecule has 1 heterocycles. The summed E-state index contributed by atoms with van der Waals surface area (Å²) in [5.74, 6) is 0. The highest BCUT2D eigenvalue weighted by Crippen LogP contribution is 2.32. The number of nitrogens with two attached hydrogens (primary N) is 1. The molecule has 1 fully saturated rings. The molecule has 96 valence electrons. The van der Waals surface area contributed by atoms with Crippen LogP contribution < -0.4 is 5.73 Å². The van der Waals surface area contributed by atoms with Gasteiger partial charge in [0.05, 0.1) is 0 Å². The predicted octanol–water partition coefficient (Wildman–Crippen LogP) is 3.65. The van der Waals surface area contributed by atoms with E-state index in [1.54, 1.807) is 0 Å². The molecule has 0 radical (unpaired) electrons. The van der Waals surface area contributed by atoms with Crippen LogP contribution in [0.25, 0.3) is 10.9 Å². The SMILES string of the molecule is NCCc1cccc2c1ccn2C1CCCCC1. The fourth-order valence-electron chi connectivity index (χ4n) is 3.30. The van der Waals surface area contributed by atoms with Gasteiger partial charge in [-0.3, -0.25) is 0 Å². The Morgan fingerprint density at radius 2 is 1.94 bits per heavy atom. The van der Waals surface area contributed by atoms with Crippen molar-refractivity contribution in [3.63, 3.8) is 0 Å². The van der Waals surface area contributed by atoms with Crippen LogP contribution in [0.4, 0.5) is 0 Å². The zero-order valence-electron chi connectivity index (χ0n) is 10.9. The first-order valence-electron chi connectivity index (χ1n) is 7.18. The normalized spacial score (nSPS) is 17.4. The molecule has 0 spiro atoms. The van der Waals surface area contributed by atoms with Crippen molar-refractivity contribution in [1.29, 1.82) is 0 Å². The van der Waals surface area contributed by atoms with Gasteiger partial charge in [-0.25, -0.2) is 0 Å². The first kappa shape index (κ1) is 11.8. The highest BCUT2D eigenvalue weighted by molar-refractivity contribution is 5.83. The smallest absolute Gasteiger partial charge is 0.0485 e. The van der Waals surface area contributed by atoms with E-state index in [1.165, 1.54) is 48.6 Å². The Morgan fingerprint density at radius 3 is 2.72 bits per heavy atom. The van der Waals surface area contributed by atoms with Crippen LogP contribution in [-0.4, -0.2) is 11.1 Å². The van der Waals surface area contributed by atoms with E-state index in [0.29, 0.717) is 6.04 Å². The topological polar surface area (TPSA) is 30.9 Å². The number of rotatable bonds is 3. The maximum atomic E-state index is 5.69. The molecule has 1 saturated carbocycles. The summed E-state index contributed by atoms with van der Waals surface area (Å²) in [7, 11) is 0. The molecule has 0 atom stereocenters. The van der Waals surface area contributed by atoms with Crippen LogP contribution in [0.3, 0.4) is 0 Å². The third-order valence-corrected chi connectivity index (χ3v) is 4.24. The van der Waals surface area contributed by atoms with Crippen LogP contribution in [0.15, 0.2) is 30.5 Å². The molecular weight excluding hydrogens is 220 g/mol. The van der Waals surface area contributed by atoms with Crippen molar-refractivity contribution >= 4 is 10.9 Å². The lowest BCUT2D eigenvalue weighted by Crippen LogP contribution is -2.11. The predicted molar refractivity (Wildman–Crippen MR) is 76.8 cm³/mol. The lowest BCUT2D eigenvalue weighted by atomic mass is 9.95. The lowest BCUT2D eigenvalue weighted by Gasteiger charge is -2.24. The first-order chi connectivity index (χ1) is 8.90. The zero-order valence-corrected chi connectivity index (χ0v) is 10.9. The van der Waals surface area contributed by atoms with Gasteiger partial charge in [-0.1, -0.05) is 31.4 Å². The second-order valence-corrected chi connectivity index (χ2v) is 5.40. The van der Waals surface area contributed by atoms with Gasteiger partial charge in [-0.2, -0.15) is 0 Å². The average molecular weight is 242 g/mol. The highest BCUT2D eigenvalue weighted by Gasteiger charge is 2.17.